The highest BCUT2D eigenvalue weighted by Crippen LogP contribution is 2.41. The van der Waals surface area contributed by atoms with Gasteiger partial charge in [0.05, 0.1) is 0 Å². The summed E-state index contributed by atoms with van der Waals surface area (Å²) in [5.41, 5.74) is 2.66. The number of hydrogen-bond acceptors (Lipinski definition) is 2. The van der Waals surface area contributed by atoms with Crippen LogP contribution in [0.5, 0.6) is 0 Å². The third-order valence-electron chi connectivity index (χ3n) is 4.98. The third kappa shape index (κ3) is 4.88. The molecule has 0 saturated heterocycles. The molecule has 2 aromatic carbocycles. The molecular weight excluding hydrogens is 357 g/mol. The number of benzene rings is 2. The van der Waals surface area contributed by atoms with Crippen molar-refractivity contribution >= 4 is 17.6 Å². The maximum Gasteiger partial charge on any atom is 0.319 e. The topological polar surface area (TPSA) is 61.4 Å². The van der Waals surface area contributed by atoms with Crippen LogP contribution in [0.1, 0.15) is 54.1 Å². The van der Waals surface area contributed by atoms with E-state index in [0.717, 1.165) is 24.0 Å². The number of rotatable bonds is 7. The molecule has 2 N–H and O–H groups in total. The standard InChI is InChI=1S/C22H26FN3O2/c1-3-26(4-2)21(27)17-7-5-15(6-8-17)14-24-22(28)25-18-11-12-19(16-9-10-16)20(23)13-18/h5-8,11-13,16H,3-4,9-10,14H2,1-2H3,(H2,24,25,28). The molecule has 0 heterocycles. The lowest BCUT2D eigenvalue weighted by atomic mass is 10.1. The molecule has 0 spiro atoms. The third-order valence-corrected chi connectivity index (χ3v) is 4.98. The average Bonchev–Trinajstić information content (AvgIpc) is 3.53. The van der Waals surface area contributed by atoms with Gasteiger partial charge in [0.2, 0.25) is 0 Å². The normalized spacial score (nSPS) is 13.1. The van der Waals surface area contributed by atoms with Crippen LogP contribution in [0.15, 0.2) is 42.5 Å². The van der Waals surface area contributed by atoms with Crippen LogP contribution in [0.3, 0.4) is 0 Å². The first kappa shape index (κ1) is 19.9. The maximum atomic E-state index is 14.1. The molecule has 1 aliphatic rings. The number of carbonyl (C=O) groups excluding carboxylic acids is 2. The largest absolute Gasteiger partial charge is 0.339 e. The highest BCUT2D eigenvalue weighted by Gasteiger charge is 2.26. The lowest BCUT2D eigenvalue weighted by Gasteiger charge is -2.18. The fourth-order valence-electron chi connectivity index (χ4n) is 3.15. The number of amides is 3. The van der Waals surface area contributed by atoms with Crippen molar-refractivity contribution in [3.63, 3.8) is 0 Å². The zero-order chi connectivity index (χ0) is 20.1. The monoisotopic (exact) mass is 383 g/mol. The predicted octanol–water partition coefficient (Wildman–Crippen LogP) is 4.51. The minimum absolute atomic E-state index is 0.000997. The Hall–Kier alpha value is -2.89. The summed E-state index contributed by atoms with van der Waals surface area (Å²) in [5.74, 6) is 0.0622. The van der Waals surface area contributed by atoms with Crippen LogP contribution in [-0.4, -0.2) is 29.9 Å². The molecule has 0 radical (unpaired) electrons. The molecule has 0 aromatic heterocycles. The van der Waals surface area contributed by atoms with Crippen molar-refractivity contribution in [1.82, 2.24) is 10.2 Å². The molecule has 2 aromatic rings. The van der Waals surface area contributed by atoms with E-state index in [1.54, 1.807) is 29.2 Å². The second kappa shape index (κ2) is 8.87. The smallest absolute Gasteiger partial charge is 0.319 e. The van der Waals surface area contributed by atoms with Crippen molar-refractivity contribution in [3.8, 4) is 0 Å². The van der Waals surface area contributed by atoms with E-state index in [0.29, 0.717) is 36.8 Å². The van der Waals surface area contributed by atoms with Gasteiger partial charge in [-0.3, -0.25) is 4.79 Å². The Morgan fingerprint density at radius 1 is 1.07 bits per heavy atom. The molecular formula is C22H26FN3O2. The fourth-order valence-corrected chi connectivity index (χ4v) is 3.15. The molecule has 5 nitrogen and oxygen atoms in total. The summed E-state index contributed by atoms with van der Waals surface area (Å²) in [6.07, 6.45) is 2.06. The van der Waals surface area contributed by atoms with Crippen LogP contribution < -0.4 is 10.6 Å². The summed E-state index contributed by atoms with van der Waals surface area (Å²) in [6, 6.07) is 11.6. The van der Waals surface area contributed by atoms with Crippen LogP contribution in [0, 0.1) is 5.82 Å². The molecule has 3 rings (SSSR count). The lowest BCUT2D eigenvalue weighted by molar-refractivity contribution is 0.0773. The molecule has 1 aliphatic carbocycles. The molecule has 0 unspecified atom stereocenters. The van der Waals surface area contributed by atoms with Crippen molar-refractivity contribution in [3.05, 3.63) is 65.0 Å². The molecule has 6 heteroatoms. The van der Waals surface area contributed by atoms with Crippen LogP contribution >= 0.6 is 0 Å². The zero-order valence-electron chi connectivity index (χ0n) is 16.3. The van der Waals surface area contributed by atoms with Crippen molar-refractivity contribution in [2.75, 3.05) is 18.4 Å². The van der Waals surface area contributed by atoms with E-state index in [1.807, 2.05) is 26.0 Å². The van der Waals surface area contributed by atoms with Gasteiger partial charge < -0.3 is 15.5 Å². The molecule has 0 bridgehead atoms. The van der Waals surface area contributed by atoms with Crippen LogP contribution in [0.2, 0.25) is 0 Å². The minimum atomic E-state index is -0.401. The minimum Gasteiger partial charge on any atom is -0.339 e. The van der Waals surface area contributed by atoms with Crippen LogP contribution in [0.4, 0.5) is 14.9 Å². The van der Waals surface area contributed by atoms with Gasteiger partial charge in [-0.05, 0) is 68.0 Å². The first-order chi connectivity index (χ1) is 13.5. The van der Waals surface area contributed by atoms with Gasteiger partial charge in [-0.2, -0.15) is 0 Å². The van der Waals surface area contributed by atoms with Crippen molar-refractivity contribution < 1.29 is 14.0 Å². The van der Waals surface area contributed by atoms with Crippen molar-refractivity contribution in [2.45, 2.75) is 39.2 Å². The predicted molar refractivity (Wildman–Crippen MR) is 108 cm³/mol. The Morgan fingerprint density at radius 3 is 2.32 bits per heavy atom. The first-order valence-corrected chi connectivity index (χ1v) is 9.74. The molecule has 0 aliphatic heterocycles. The van der Waals surface area contributed by atoms with E-state index in [4.69, 9.17) is 0 Å². The molecule has 0 atom stereocenters. The number of hydrogen-bond donors (Lipinski definition) is 2. The Kier molecular flexibility index (Phi) is 6.29. The second-order valence-electron chi connectivity index (χ2n) is 6.99. The second-order valence-corrected chi connectivity index (χ2v) is 6.99. The Labute approximate surface area is 164 Å². The van der Waals surface area contributed by atoms with Crippen LogP contribution in [-0.2, 0) is 6.54 Å². The average molecular weight is 383 g/mol. The quantitative estimate of drug-likeness (QED) is 0.739. The molecule has 1 fully saturated rings. The van der Waals surface area contributed by atoms with Gasteiger partial charge in [-0.25, -0.2) is 9.18 Å². The number of carbonyl (C=O) groups is 2. The van der Waals surface area contributed by atoms with E-state index in [1.165, 1.54) is 6.07 Å². The Morgan fingerprint density at radius 2 is 1.75 bits per heavy atom. The fraction of sp³-hybridized carbons (Fsp3) is 0.364. The van der Waals surface area contributed by atoms with Gasteiger partial charge >= 0.3 is 6.03 Å². The molecule has 1 saturated carbocycles. The molecule has 3 amide bonds. The van der Waals surface area contributed by atoms with Gasteiger partial charge in [0.15, 0.2) is 0 Å². The van der Waals surface area contributed by atoms with E-state index in [-0.39, 0.29) is 11.7 Å². The van der Waals surface area contributed by atoms with E-state index in [9.17, 15) is 14.0 Å². The number of nitrogens with one attached hydrogen (secondary N) is 2. The maximum absolute atomic E-state index is 14.1. The summed E-state index contributed by atoms with van der Waals surface area (Å²) >= 11 is 0. The SMILES string of the molecule is CCN(CC)C(=O)c1ccc(CNC(=O)Nc2ccc(C3CC3)c(F)c2)cc1. The Bertz CT molecular complexity index is 843. The van der Waals surface area contributed by atoms with E-state index < -0.39 is 6.03 Å². The number of nitrogens with zero attached hydrogens (tertiary/aromatic N) is 1. The van der Waals surface area contributed by atoms with E-state index >= 15 is 0 Å². The summed E-state index contributed by atoms with van der Waals surface area (Å²) in [7, 11) is 0. The van der Waals surface area contributed by atoms with Gasteiger partial charge in [0.25, 0.3) is 5.91 Å². The summed E-state index contributed by atoms with van der Waals surface area (Å²) < 4.78 is 14.1. The lowest BCUT2D eigenvalue weighted by Crippen LogP contribution is -2.30. The summed E-state index contributed by atoms with van der Waals surface area (Å²) in [6.45, 7) is 5.55. The molecule has 148 valence electrons. The number of urea groups is 1. The summed E-state index contributed by atoms with van der Waals surface area (Å²) in [4.78, 5) is 26.1. The number of halogens is 1. The van der Waals surface area contributed by atoms with Crippen molar-refractivity contribution in [2.24, 2.45) is 0 Å². The highest BCUT2D eigenvalue weighted by atomic mass is 19.1. The van der Waals surface area contributed by atoms with Gasteiger partial charge in [0, 0.05) is 30.9 Å². The van der Waals surface area contributed by atoms with Gasteiger partial charge in [-0.1, -0.05) is 18.2 Å². The van der Waals surface area contributed by atoms with Gasteiger partial charge in [-0.15, -0.1) is 0 Å². The van der Waals surface area contributed by atoms with Crippen molar-refractivity contribution in [1.29, 1.82) is 0 Å². The summed E-state index contributed by atoms with van der Waals surface area (Å²) in [5, 5.41) is 5.39. The highest BCUT2D eigenvalue weighted by molar-refractivity contribution is 5.94. The van der Waals surface area contributed by atoms with Gasteiger partial charge in [0.1, 0.15) is 5.82 Å². The van der Waals surface area contributed by atoms with Crippen LogP contribution in [0.25, 0.3) is 0 Å². The molecule has 28 heavy (non-hydrogen) atoms. The Balaban J connectivity index is 1.51. The van der Waals surface area contributed by atoms with E-state index in [2.05, 4.69) is 10.6 Å². The number of anilines is 1. The zero-order valence-corrected chi connectivity index (χ0v) is 16.3. The first-order valence-electron chi connectivity index (χ1n) is 9.74.